The van der Waals surface area contributed by atoms with Gasteiger partial charge < -0.3 is 64.6 Å². The van der Waals surface area contributed by atoms with Gasteiger partial charge in [-0.05, 0) is 44.9 Å². The molecule has 0 bridgehead atoms. The molecule has 21 nitrogen and oxygen atoms in total. The van der Waals surface area contributed by atoms with Crippen LogP contribution in [0.4, 0.5) is 0 Å². The van der Waals surface area contributed by atoms with Gasteiger partial charge >= 0.3 is 5.97 Å². The topological polar surface area (TPSA) is 357 Å². The van der Waals surface area contributed by atoms with Crippen LogP contribution in [-0.2, 0) is 38.4 Å². The Hall–Kier alpha value is -5.05. The number of carbonyl (C=O) groups is 8. The Labute approximate surface area is 289 Å². The van der Waals surface area contributed by atoms with Crippen LogP contribution in [0, 0.1) is 5.92 Å². The third kappa shape index (κ3) is 15.0. The summed E-state index contributed by atoms with van der Waals surface area (Å²) in [7, 11) is 0. The number of aliphatic carboxylic acids is 1. The Morgan fingerprint density at radius 1 is 0.860 bits per heavy atom. The van der Waals surface area contributed by atoms with Crippen molar-refractivity contribution in [2.75, 3.05) is 26.2 Å². The maximum atomic E-state index is 13.6. The van der Waals surface area contributed by atoms with E-state index in [1.54, 1.807) is 13.8 Å². The molecule has 1 fully saturated rings. The van der Waals surface area contributed by atoms with Crippen LogP contribution in [0.1, 0.15) is 59.3 Å². The Kier molecular flexibility index (Phi) is 18.2. The molecule has 0 aromatic carbocycles. The highest BCUT2D eigenvalue weighted by Crippen LogP contribution is 2.20. The Bertz CT molecular complexity index is 1270. The number of carbonyl (C=O) groups excluding carboxylic acids is 7. The lowest BCUT2D eigenvalue weighted by molar-refractivity contribution is -0.149. The molecule has 7 amide bonds. The number of hydrogen-bond donors (Lipinski definition) is 11. The maximum absolute atomic E-state index is 13.6. The zero-order valence-electron chi connectivity index (χ0n) is 28.5. The SMILES string of the molecule is CC(C)C[C@H](NC(=O)[C@@H](NC(=O)[C@H](CC(N)=O)NC(=O)CNC(=O)CN)[C@@H](C)O)C(=O)N[C@@H](CCCN=C(N)N)C(=O)N1CCC[C@H]1C(=O)O. The maximum Gasteiger partial charge on any atom is 0.326 e. The van der Waals surface area contributed by atoms with Crippen molar-refractivity contribution in [3.05, 3.63) is 0 Å². The van der Waals surface area contributed by atoms with Crippen molar-refractivity contribution >= 4 is 53.3 Å². The van der Waals surface area contributed by atoms with Crippen LogP contribution < -0.4 is 49.5 Å². The number of hydrogen-bond acceptors (Lipinski definition) is 11. The molecule has 1 heterocycles. The van der Waals surface area contributed by atoms with Gasteiger partial charge in [-0.3, -0.25) is 38.6 Å². The largest absolute Gasteiger partial charge is 0.480 e. The number of aliphatic hydroxyl groups is 1. The molecule has 0 saturated carbocycles. The van der Waals surface area contributed by atoms with Crippen LogP contribution in [0.5, 0.6) is 0 Å². The molecule has 1 aliphatic heterocycles. The lowest BCUT2D eigenvalue weighted by atomic mass is 10.0. The number of likely N-dealkylation sites (tertiary alicyclic amines) is 1. The number of nitrogens with one attached hydrogen (secondary N) is 5. The van der Waals surface area contributed by atoms with Crippen molar-refractivity contribution in [1.82, 2.24) is 31.5 Å². The normalized spacial score (nSPS) is 16.9. The fraction of sp³-hybridized carbons (Fsp3) is 0.690. The van der Waals surface area contributed by atoms with Crippen molar-refractivity contribution < 1.29 is 48.6 Å². The minimum absolute atomic E-state index is 0.0295. The summed E-state index contributed by atoms with van der Waals surface area (Å²) in [6.07, 6.45) is -1.25. The van der Waals surface area contributed by atoms with Crippen LogP contribution >= 0.6 is 0 Å². The third-order valence-corrected chi connectivity index (χ3v) is 7.47. The molecule has 1 saturated heterocycles. The first-order valence-corrected chi connectivity index (χ1v) is 16.1. The van der Waals surface area contributed by atoms with Gasteiger partial charge in [-0.1, -0.05) is 13.8 Å². The van der Waals surface area contributed by atoms with Gasteiger partial charge in [0.15, 0.2) is 5.96 Å². The zero-order valence-corrected chi connectivity index (χ0v) is 28.5. The van der Waals surface area contributed by atoms with Crippen LogP contribution in [0.15, 0.2) is 4.99 Å². The molecule has 0 spiro atoms. The smallest absolute Gasteiger partial charge is 0.326 e. The average molecular weight is 714 g/mol. The molecular formula is C29H51N11O10. The van der Waals surface area contributed by atoms with Gasteiger partial charge in [-0.25, -0.2) is 4.79 Å². The molecule has 15 N–H and O–H groups in total. The average Bonchev–Trinajstić information content (AvgIpc) is 3.52. The first kappa shape index (κ1) is 43.0. The van der Waals surface area contributed by atoms with Gasteiger partial charge in [0, 0.05) is 13.1 Å². The minimum Gasteiger partial charge on any atom is -0.480 e. The van der Waals surface area contributed by atoms with Gasteiger partial charge in [0.2, 0.25) is 41.4 Å². The molecule has 0 aromatic heterocycles. The summed E-state index contributed by atoms with van der Waals surface area (Å²) in [6.45, 7) is 3.98. The number of nitrogens with zero attached hydrogens (tertiary/aromatic N) is 2. The Morgan fingerprint density at radius 2 is 1.48 bits per heavy atom. The molecule has 282 valence electrons. The van der Waals surface area contributed by atoms with Gasteiger partial charge in [-0.2, -0.15) is 0 Å². The van der Waals surface area contributed by atoms with E-state index in [2.05, 4.69) is 31.6 Å². The molecular weight excluding hydrogens is 662 g/mol. The van der Waals surface area contributed by atoms with E-state index < -0.39 is 103 Å². The van der Waals surface area contributed by atoms with E-state index in [0.29, 0.717) is 6.42 Å². The molecule has 0 unspecified atom stereocenters. The van der Waals surface area contributed by atoms with Crippen molar-refractivity contribution in [1.29, 1.82) is 0 Å². The standard InChI is InChI=1S/C29H51N11O10/c1-14(2)10-17(24(45)37-16(6-4-8-34-29(32)33)27(48)40-9-5-7-19(40)28(49)50)38-26(47)23(15(3)41)39-25(46)18(11-20(31)42)36-22(44)13-35-21(43)12-30/h14-19,23,41H,4-13,30H2,1-3H3,(H2,31,42)(H,35,43)(H,36,44)(H,37,45)(H,38,47)(H,39,46)(H,49,50)(H4,32,33,34)/t15-,16+,17+,18+,19+,23+/m1/s1. The highest BCUT2D eigenvalue weighted by atomic mass is 16.4. The third-order valence-electron chi connectivity index (χ3n) is 7.47. The molecule has 50 heavy (non-hydrogen) atoms. The van der Waals surface area contributed by atoms with Gasteiger partial charge in [-0.15, -0.1) is 0 Å². The number of carboxylic acid groups (broad SMARTS) is 1. The number of rotatable bonds is 21. The fourth-order valence-corrected chi connectivity index (χ4v) is 5.05. The highest BCUT2D eigenvalue weighted by Gasteiger charge is 2.39. The Balaban J connectivity index is 3.20. The second kappa shape index (κ2) is 21.1. The Morgan fingerprint density at radius 3 is 2.02 bits per heavy atom. The van der Waals surface area contributed by atoms with Crippen LogP contribution in [0.3, 0.4) is 0 Å². The molecule has 21 heteroatoms. The number of primary amides is 1. The number of carboxylic acids is 1. The van der Waals surface area contributed by atoms with Crippen molar-refractivity contribution in [3.8, 4) is 0 Å². The number of nitrogens with two attached hydrogens (primary N) is 4. The van der Waals surface area contributed by atoms with E-state index in [-0.39, 0.29) is 50.7 Å². The zero-order chi connectivity index (χ0) is 38.1. The quantitative estimate of drug-likeness (QED) is 0.0301. The second-order valence-corrected chi connectivity index (χ2v) is 12.2. The minimum atomic E-state index is -1.70. The molecule has 6 atom stereocenters. The predicted molar refractivity (Wildman–Crippen MR) is 177 cm³/mol. The van der Waals surface area contributed by atoms with E-state index in [4.69, 9.17) is 22.9 Å². The van der Waals surface area contributed by atoms with Crippen LogP contribution in [-0.4, -0.2) is 131 Å². The number of guanidine groups is 1. The molecule has 1 rings (SSSR count). The summed E-state index contributed by atoms with van der Waals surface area (Å²) in [6, 6.07) is -6.89. The summed E-state index contributed by atoms with van der Waals surface area (Å²) in [5.41, 5.74) is 21.1. The summed E-state index contributed by atoms with van der Waals surface area (Å²) in [4.78, 5) is 106. The van der Waals surface area contributed by atoms with Gasteiger partial charge in [0.1, 0.15) is 30.2 Å². The number of aliphatic imine (C=N–C) groups is 1. The molecule has 0 aliphatic carbocycles. The predicted octanol–water partition coefficient (Wildman–Crippen LogP) is -5.57. The monoisotopic (exact) mass is 713 g/mol. The first-order valence-electron chi connectivity index (χ1n) is 16.1. The van der Waals surface area contributed by atoms with Crippen molar-refractivity contribution in [2.24, 2.45) is 33.8 Å². The van der Waals surface area contributed by atoms with E-state index in [1.807, 2.05) is 0 Å². The molecule has 0 radical (unpaired) electrons. The molecule has 0 aromatic rings. The van der Waals surface area contributed by atoms with Crippen molar-refractivity contribution in [2.45, 2.75) is 95.6 Å². The van der Waals surface area contributed by atoms with Crippen molar-refractivity contribution in [3.63, 3.8) is 0 Å². The van der Waals surface area contributed by atoms with Gasteiger partial charge in [0.05, 0.1) is 25.6 Å². The summed E-state index contributed by atoms with van der Waals surface area (Å²) in [5, 5.41) is 31.7. The van der Waals surface area contributed by atoms with Gasteiger partial charge in [0.25, 0.3) is 0 Å². The fourth-order valence-electron chi connectivity index (χ4n) is 5.05. The summed E-state index contributed by atoms with van der Waals surface area (Å²) in [5.74, 6) is -7.63. The van der Waals surface area contributed by atoms with Crippen LogP contribution in [0.2, 0.25) is 0 Å². The molecule has 1 aliphatic rings. The highest BCUT2D eigenvalue weighted by molar-refractivity contribution is 5.97. The first-order chi connectivity index (χ1) is 23.4. The number of amides is 7. The van der Waals surface area contributed by atoms with Crippen LogP contribution in [0.25, 0.3) is 0 Å². The lowest BCUT2D eigenvalue weighted by Gasteiger charge is -2.30. The lowest BCUT2D eigenvalue weighted by Crippen LogP contribution is -2.61. The number of aliphatic hydroxyl groups excluding tert-OH is 1. The van der Waals surface area contributed by atoms with E-state index >= 15 is 0 Å². The van der Waals surface area contributed by atoms with E-state index in [0.717, 1.165) is 0 Å². The van der Waals surface area contributed by atoms with E-state index in [1.165, 1.54) is 11.8 Å². The summed E-state index contributed by atoms with van der Waals surface area (Å²) < 4.78 is 0. The van der Waals surface area contributed by atoms with E-state index in [9.17, 15) is 48.6 Å². The second-order valence-electron chi connectivity index (χ2n) is 12.2. The summed E-state index contributed by atoms with van der Waals surface area (Å²) >= 11 is 0.